The molecule has 0 saturated heterocycles. The Kier molecular flexibility index (Phi) is 4.16. The standard InChI is InChI=1S/C17H21N/c1-13-6-8-15(9-7-13)10-16-4-3-5-17(11-16)14(2)12-18/h3-9,11,14H,10,12,18H2,1-2H3. The van der Waals surface area contributed by atoms with Crippen molar-refractivity contribution in [2.75, 3.05) is 6.54 Å². The van der Waals surface area contributed by atoms with Crippen molar-refractivity contribution in [2.45, 2.75) is 26.2 Å². The molecule has 0 aliphatic carbocycles. The summed E-state index contributed by atoms with van der Waals surface area (Å²) >= 11 is 0. The summed E-state index contributed by atoms with van der Waals surface area (Å²) in [6, 6.07) is 17.5. The molecule has 0 aliphatic rings. The minimum absolute atomic E-state index is 0.433. The maximum atomic E-state index is 5.72. The van der Waals surface area contributed by atoms with E-state index in [4.69, 9.17) is 5.73 Å². The molecular weight excluding hydrogens is 218 g/mol. The van der Waals surface area contributed by atoms with E-state index in [0.29, 0.717) is 12.5 Å². The van der Waals surface area contributed by atoms with Gasteiger partial charge in [0.15, 0.2) is 0 Å². The second-order valence-electron chi connectivity index (χ2n) is 5.04. The normalized spacial score (nSPS) is 12.4. The van der Waals surface area contributed by atoms with E-state index in [9.17, 15) is 0 Å². The molecular formula is C17H21N. The molecule has 1 atom stereocenters. The Morgan fingerprint density at radius 3 is 2.39 bits per heavy atom. The average Bonchev–Trinajstić information content (AvgIpc) is 2.41. The maximum absolute atomic E-state index is 5.72. The van der Waals surface area contributed by atoms with E-state index in [1.807, 2.05) is 0 Å². The van der Waals surface area contributed by atoms with E-state index in [0.717, 1.165) is 6.42 Å². The van der Waals surface area contributed by atoms with Crippen molar-refractivity contribution in [1.29, 1.82) is 0 Å². The first-order chi connectivity index (χ1) is 8.69. The van der Waals surface area contributed by atoms with Gasteiger partial charge < -0.3 is 5.73 Å². The molecule has 1 unspecified atom stereocenters. The van der Waals surface area contributed by atoms with Gasteiger partial charge in [-0.2, -0.15) is 0 Å². The second-order valence-corrected chi connectivity index (χ2v) is 5.04. The summed E-state index contributed by atoms with van der Waals surface area (Å²) in [5.41, 5.74) is 11.1. The third kappa shape index (κ3) is 3.21. The fraction of sp³-hybridized carbons (Fsp3) is 0.294. The summed E-state index contributed by atoms with van der Waals surface area (Å²) in [5.74, 6) is 0.433. The van der Waals surface area contributed by atoms with Gasteiger partial charge in [0, 0.05) is 0 Å². The Morgan fingerprint density at radius 1 is 1.00 bits per heavy atom. The van der Waals surface area contributed by atoms with E-state index in [1.54, 1.807) is 0 Å². The van der Waals surface area contributed by atoms with E-state index >= 15 is 0 Å². The van der Waals surface area contributed by atoms with E-state index in [2.05, 4.69) is 62.4 Å². The summed E-state index contributed by atoms with van der Waals surface area (Å²) in [4.78, 5) is 0. The van der Waals surface area contributed by atoms with Gasteiger partial charge in [0.2, 0.25) is 0 Å². The van der Waals surface area contributed by atoms with Gasteiger partial charge in [0.1, 0.15) is 0 Å². The summed E-state index contributed by atoms with van der Waals surface area (Å²) in [6.45, 7) is 4.99. The van der Waals surface area contributed by atoms with Crippen LogP contribution in [0.1, 0.15) is 35.1 Å². The lowest BCUT2D eigenvalue weighted by molar-refractivity contribution is 0.772. The Morgan fingerprint density at radius 2 is 1.72 bits per heavy atom. The highest BCUT2D eigenvalue weighted by molar-refractivity contribution is 5.32. The van der Waals surface area contributed by atoms with Gasteiger partial charge in [-0.05, 0) is 42.5 Å². The van der Waals surface area contributed by atoms with Gasteiger partial charge in [0.05, 0.1) is 0 Å². The van der Waals surface area contributed by atoms with E-state index in [1.165, 1.54) is 22.3 Å². The zero-order valence-corrected chi connectivity index (χ0v) is 11.2. The lowest BCUT2D eigenvalue weighted by atomic mass is 9.96. The van der Waals surface area contributed by atoms with Crippen LogP contribution in [0.3, 0.4) is 0 Å². The third-order valence-corrected chi connectivity index (χ3v) is 3.40. The van der Waals surface area contributed by atoms with Crippen molar-refractivity contribution < 1.29 is 0 Å². The lowest BCUT2D eigenvalue weighted by Crippen LogP contribution is -2.09. The monoisotopic (exact) mass is 239 g/mol. The number of rotatable bonds is 4. The Bertz CT molecular complexity index is 499. The molecule has 94 valence electrons. The largest absolute Gasteiger partial charge is 0.330 e. The lowest BCUT2D eigenvalue weighted by Gasteiger charge is -2.11. The zero-order chi connectivity index (χ0) is 13.0. The Balaban J connectivity index is 2.16. The van der Waals surface area contributed by atoms with Crippen LogP contribution in [0.15, 0.2) is 48.5 Å². The molecule has 18 heavy (non-hydrogen) atoms. The van der Waals surface area contributed by atoms with Crippen molar-refractivity contribution in [3.05, 3.63) is 70.8 Å². The summed E-state index contributed by atoms with van der Waals surface area (Å²) in [7, 11) is 0. The Labute approximate surface area is 110 Å². The van der Waals surface area contributed by atoms with Gasteiger partial charge in [-0.15, -0.1) is 0 Å². The van der Waals surface area contributed by atoms with Crippen LogP contribution in [-0.4, -0.2) is 6.54 Å². The first-order valence-electron chi connectivity index (χ1n) is 6.53. The van der Waals surface area contributed by atoms with Gasteiger partial charge in [-0.1, -0.05) is 61.0 Å². The summed E-state index contributed by atoms with van der Waals surface area (Å²) < 4.78 is 0. The number of hydrogen-bond donors (Lipinski definition) is 1. The molecule has 0 bridgehead atoms. The van der Waals surface area contributed by atoms with E-state index in [-0.39, 0.29) is 0 Å². The average molecular weight is 239 g/mol. The van der Waals surface area contributed by atoms with Crippen LogP contribution >= 0.6 is 0 Å². The third-order valence-electron chi connectivity index (χ3n) is 3.40. The van der Waals surface area contributed by atoms with Crippen LogP contribution in [-0.2, 0) is 6.42 Å². The van der Waals surface area contributed by atoms with Gasteiger partial charge >= 0.3 is 0 Å². The molecule has 0 saturated carbocycles. The minimum Gasteiger partial charge on any atom is -0.330 e. The van der Waals surface area contributed by atoms with Crippen LogP contribution in [0.5, 0.6) is 0 Å². The fourth-order valence-corrected chi connectivity index (χ4v) is 2.09. The van der Waals surface area contributed by atoms with Gasteiger partial charge in [-0.3, -0.25) is 0 Å². The van der Waals surface area contributed by atoms with Gasteiger partial charge in [0.25, 0.3) is 0 Å². The molecule has 1 nitrogen and oxygen atoms in total. The summed E-state index contributed by atoms with van der Waals surface area (Å²) in [5, 5.41) is 0. The molecule has 1 heteroatoms. The Hall–Kier alpha value is -1.60. The predicted octanol–water partition coefficient (Wildman–Crippen LogP) is 3.65. The van der Waals surface area contributed by atoms with Crippen LogP contribution in [0.2, 0.25) is 0 Å². The van der Waals surface area contributed by atoms with Crippen molar-refractivity contribution in [3.8, 4) is 0 Å². The number of aryl methyl sites for hydroxylation is 1. The predicted molar refractivity (Wildman–Crippen MR) is 77.9 cm³/mol. The van der Waals surface area contributed by atoms with Gasteiger partial charge in [-0.25, -0.2) is 0 Å². The molecule has 0 aliphatic heterocycles. The molecule has 0 heterocycles. The van der Waals surface area contributed by atoms with E-state index < -0.39 is 0 Å². The SMILES string of the molecule is Cc1ccc(Cc2cccc(C(C)CN)c2)cc1. The molecule has 2 rings (SSSR count). The first kappa shape index (κ1) is 12.8. The topological polar surface area (TPSA) is 26.0 Å². The zero-order valence-electron chi connectivity index (χ0n) is 11.2. The molecule has 2 aromatic rings. The highest BCUT2D eigenvalue weighted by atomic mass is 14.5. The highest BCUT2D eigenvalue weighted by Crippen LogP contribution is 2.17. The molecule has 0 aromatic heterocycles. The number of nitrogens with two attached hydrogens (primary N) is 1. The maximum Gasteiger partial charge on any atom is -0.00109 e. The van der Waals surface area contributed by atoms with Crippen LogP contribution < -0.4 is 5.73 Å². The highest BCUT2D eigenvalue weighted by Gasteiger charge is 2.04. The first-order valence-corrected chi connectivity index (χ1v) is 6.53. The molecule has 0 amide bonds. The van der Waals surface area contributed by atoms with Crippen LogP contribution in [0.25, 0.3) is 0 Å². The minimum atomic E-state index is 0.433. The smallest absolute Gasteiger partial charge is 0.00109 e. The quantitative estimate of drug-likeness (QED) is 0.866. The molecule has 0 radical (unpaired) electrons. The summed E-state index contributed by atoms with van der Waals surface area (Å²) in [6.07, 6.45) is 0.991. The van der Waals surface area contributed by atoms with Crippen molar-refractivity contribution in [2.24, 2.45) is 5.73 Å². The molecule has 0 fully saturated rings. The second kappa shape index (κ2) is 5.83. The fourth-order valence-electron chi connectivity index (χ4n) is 2.09. The van der Waals surface area contributed by atoms with Crippen molar-refractivity contribution >= 4 is 0 Å². The molecule has 0 spiro atoms. The molecule has 2 N–H and O–H groups in total. The molecule has 2 aromatic carbocycles. The van der Waals surface area contributed by atoms with Crippen molar-refractivity contribution in [3.63, 3.8) is 0 Å². The number of hydrogen-bond acceptors (Lipinski definition) is 1. The number of benzene rings is 2. The van der Waals surface area contributed by atoms with Crippen molar-refractivity contribution in [1.82, 2.24) is 0 Å². The van der Waals surface area contributed by atoms with Crippen LogP contribution in [0, 0.1) is 6.92 Å². The van der Waals surface area contributed by atoms with Crippen LogP contribution in [0.4, 0.5) is 0 Å².